The Balaban J connectivity index is 1.90. The highest BCUT2D eigenvalue weighted by molar-refractivity contribution is 7.16. The zero-order valence-electron chi connectivity index (χ0n) is 15.0. The minimum atomic E-state index is -0.460. The van der Waals surface area contributed by atoms with Gasteiger partial charge in [0.05, 0.1) is 12.2 Å². The van der Waals surface area contributed by atoms with Crippen LogP contribution in [-0.2, 0) is 19.1 Å². The number of nitrogens with one attached hydrogen (secondary N) is 1. The molecule has 1 aromatic rings. The minimum absolute atomic E-state index is 0.263. The normalized spacial score (nSPS) is 14.4. The van der Waals surface area contributed by atoms with Gasteiger partial charge in [0.1, 0.15) is 5.00 Å². The maximum absolute atomic E-state index is 12.1. The van der Waals surface area contributed by atoms with Gasteiger partial charge in [0.2, 0.25) is 0 Å². The van der Waals surface area contributed by atoms with Crippen LogP contribution >= 0.6 is 11.3 Å². The minimum Gasteiger partial charge on any atom is -0.462 e. The molecule has 0 atom stereocenters. The number of hydrogen-bond donors (Lipinski definition) is 1. The zero-order chi connectivity index (χ0) is 18.4. The van der Waals surface area contributed by atoms with Crippen molar-refractivity contribution in [2.24, 2.45) is 5.92 Å². The number of aryl methyl sites for hydroxylation is 1. The van der Waals surface area contributed by atoms with Crippen molar-refractivity contribution < 1.29 is 23.9 Å². The molecule has 1 N–H and O–H groups in total. The van der Waals surface area contributed by atoms with Crippen LogP contribution in [0.2, 0.25) is 0 Å². The number of hydrogen-bond acceptors (Lipinski definition) is 6. The van der Waals surface area contributed by atoms with E-state index in [0.29, 0.717) is 22.9 Å². The van der Waals surface area contributed by atoms with Crippen LogP contribution in [0.15, 0.2) is 0 Å². The van der Waals surface area contributed by atoms with Gasteiger partial charge in [-0.25, -0.2) is 4.79 Å². The Morgan fingerprint density at radius 3 is 2.48 bits per heavy atom. The molecule has 1 amide bonds. The van der Waals surface area contributed by atoms with Crippen LogP contribution in [0.3, 0.4) is 0 Å². The highest BCUT2D eigenvalue weighted by atomic mass is 32.1. The molecule has 0 spiro atoms. The van der Waals surface area contributed by atoms with Crippen LogP contribution in [0.5, 0.6) is 0 Å². The van der Waals surface area contributed by atoms with E-state index in [-0.39, 0.29) is 19.2 Å². The maximum Gasteiger partial charge on any atom is 0.341 e. The van der Waals surface area contributed by atoms with Gasteiger partial charge < -0.3 is 14.8 Å². The first-order valence-corrected chi connectivity index (χ1v) is 9.46. The molecule has 1 aliphatic carbocycles. The number of thiophene rings is 1. The van der Waals surface area contributed by atoms with E-state index >= 15 is 0 Å². The van der Waals surface area contributed by atoms with Gasteiger partial charge >= 0.3 is 11.9 Å². The molecule has 1 fully saturated rings. The van der Waals surface area contributed by atoms with Crippen LogP contribution < -0.4 is 5.32 Å². The lowest BCUT2D eigenvalue weighted by Crippen LogP contribution is -2.22. The Kier molecular flexibility index (Phi) is 6.99. The Morgan fingerprint density at radius 1 is 1.16 bits per heavy atom. The molecular formula is C18H25NO5S. The molecule has 1 aliphatic rings. The van der Waals surface area contributed by atoms with Gasteiger partial charge in [-0.05, 0) is 45.1 Å². The lowest BCUT2D eigenvalue weighted by molar-refractivity contribution is -0.148. The molecule has 1 heterocycles. The van der Waals surface area contributed by atoms with Gasteiger partial charge in [-0.1, -0.05) is 12.8 Å². The molecule has 2 rings (SSSR count). The molecule has 1 saturated carbocycles. The van der Waals surface area contributed by atoms with E-state index in [1.165, 1.54) is 11.3 Å². The maximum atomic E-state index is 12.1. The largest absolute Gasteiger partial charge is 0.462 e. The molecule has 0 radical (unpaired) electrons. The van der Waals surface area contributed by atoms with Crippen LogP contribution in [0.25, 0.3) is 0 Å². The lowest BCUT2D eigenvalue weighted by Gasteiger charge is -2.10. The van der Waals surface area contributed by atoms with E-state index in [0.717, 1.165) is 36.1 Å². The van der Waals surface area contributed by atoms with Crippen molar-refractivity contribution in [2.75, 3.05) is 18.5 Å². The number of ether oxygens (including phenoxy) is 2. The number of rotatable bonds is 7. The summed E-state index contributed by atoms with van der Waals surface area (Å²) in [5.74, 6) is -0.871. The Labute approximate surface area is 151 Å². The molecule has 0 aromatic carbocycles. The number of carbonyl (C=O) groups is 3. The summed E-state index contributed by atoms with van der Waals surface area (Å²) < 4.78 is 10.1. The van der Waals surface area contributed by atoms with E-state index < -0.39 is 11.9 Å². The molecule has 0 unspecified atom stereocenters. The third-order valence-electron chi connectivity index (χ3n) is 4.41. The van der Waals surface area contributed by atoms with Gasteiger partial charge in [-0.3, -0.25) is 9.59 Å². The molecule has 6 nitrogen and oxygen atoms in total. The summed E-state index contributed by atoms with van der Waals surface area (Å²) in [5.41, 5.74) is 1.16. The van der Waals surface area contributed by atoms with E-state index in [9.17, 15) is 14.4 Å². The van der Waals surface area contributed by atoms with Crippen LogP contribution in [0, 0.1) is 19.8 Å². The predicted octanol–water partition coefficient (Wildman–Crippen LogP) is 3.60. The van der Waals surface area contributed by atoms with Gasteiger partial charge in [-0.2, -0.15) is 0 Å². The second-order valence-electron chi connectivity index (χ2n) is 6.27. The number of carbonyl (C=O) groups excluding carboxylic acids is 3. The van der Waals surface area contributed by atoms with Gasteiger partial charge in [0.25, 0.3) is 5.91 Å². The topological polar surface area (TPSA) is 81.7 Å². The van der Waals surface area contributed by atoms with E-state index in [4.69, 9.17) is 9.47 Å². The van der Waals surface area contributed by atoms with Crippen molar-refractivity contribution in [3.05, 3.63) is 16.0 Å². The summed E-state index contributed by atoms with van der Waals surface area (Å²) in [6.07, 6.45) is 4.80. The van der Waals surface area contributed by atoms with Crippen LogP contribution in [0.4, 0.5) is 5.00 Å². The molecular weight excluding hydrogens is 342 g/mol. The lowest BCUT2D eigenvalue weighted by atomic mass is 10.1. The predicted molar refractivity (Wildman–Crippen MR) is 95.9 cm³/mol. The van der Waals surface area contributed by atoms with Crippen molar-refractivity contribution in [2.45, 2.75) is 52.9 Å². The molecule has 7 heteroatoms. The quantitative estimate of drug-likeness (QED) is 0.745. The summed E-state index contributed by atoms with van der Waals surface area (Å²) >= 11 is 1.31. The number of amides is 1. The molecule has 25 heavy (non-hydrogen) atoms. The standard InChI is InChI=1S/C18H25NO5S/c1-4-23-18(22)16-11(2)12(3)25-17(16)19-14(20)10-24-15(21)9-13-7-5-6-8-13/h13H,4-10H2,1-3H3,(H,19,20). The SMILES string of the molecule is CCOC(=O)c1c(NC(=O)COC(=O)CC2CCCC2)sc(C)c1C. The summed E-state index contributed by atoms with van der Waals surface area (Å²) in [6.45, 7) is 5.34. The monoisotopic (exact) mass is 367 g/mol. The molecule has 138 valence electrons. The average Bonchev–Trinajstić information content (AvgIpc) is 3.14. The first-order chi connectivity index (χ1) is 11.9. The second kappa shape index (κ2) is 8.99. The summed E-state index contributed by atoms with van der Waals surface area (Å²) in [7, 11) is 0. The van der Waals surface area contributed by atoms with E-state index in [2.05, 4.69) is 5.32 Å². The smallest absolute Gasteiger partial charge is 0.341 e. The Hall–Kier alpha value is -1.89. The fourth-order valence-electron chi connectivity index (χ4n) is 2.98. The van der Waals surface area contributed by atoms with E-state index in [1.54, 1.807) is 6.92 Å². The van der Waals surface area contributed by atoms with Crippen molar-refractivity contribution in [1.82, 2.24) is 0 Å². The highest BCUT2D eigenvalue weighted by Crippen LogP contribution is 2.33. The molecule has 1 aromatic heterocycles. The van der Waals surface area contributed by atoms with Crippen LogP contribution in [-0.4, -0.2) is 31.1 Å². The molecule has 0 aliphatic heterocycles. The third kappa shape index (κ3) is 5.29. The first-order valence-electron chi connectivity index (χ1n) is 8.65. The highest BCUT2D eigenvalue weighted by Gasteiger charge is 2.23. The van der Waals surface area contributed by atoms with Gasteiger partial charge in [0.15, 0.2) is 6.61 Å². The first kappa shape index (κ1) is 19.4. The fourth-order valence-corrected chi connectivity index (χ4v) is 4.05. The van der Waals surface area contributed by atoms with Crippen molar-refractivity contribution in [3.63, 3.8) is 0 Å². The van der Waals surface area contributed by atoms with E-state index in [1.807, 2.05) is 13.8 Å². The summed E-state index contributed by atoms with van der Waals surface area (Å²) in [6, 6.07) is 0. The fraction of sp³-hybridized carbons (Fsp3) is 0.611. The Bertz CT molecular complexity index is 646. The molecule has 0 saturated heterocycles. The summed E-state index contributed by atoms with van der Waals surface area (Å²) in [5, 5.41) is 3.10. The number of anilines is 1. The van der Waals surface area contributed by atoms with Gasteiger partial charge in [0, 0.05) is 11.3 Å². The van der Waals surface area contributed by atoms with Crippen molar-refractivity contribution >= 4 is 34.2 Å². The Morgan fingerprint density at radius 2 is 1.84 bits per heavy atom. The van der Waals surface area contributed by atoms with Gasteiger partial charge in [-0.15, -0.1) is 11.3 Å². The molecule has 0 bridgehead atoms. The van der Waals surface area contributed by atoms with Crippen LogP contribution in [0.1, 0.15) is 59.8 Å². The van der Waals surface area contributed by atoms with Crippen molar-refractivity contribution in [3.8, 4) is 0 Å². The zero-order valence-corrected chi connectivity index (χ0v) is 15.8. The third-order valence-corrected chi connectivity index (χ3v) is 5.53. The average molecular weight is 367 g/mol. The second-order valence-corrected chi connectivity index (χ2v) is 7.50. The summed E-state index contributed by atoms with van der Waals surface area (Å²) in [4.78, 5) is 36.9. The number of esters is 2. The van der Waals surface area contributed by atoms with Crippen molar-refractivity contribution in [1.29, 1.82) is 0 Å².